The van der Waals surface area contributed by atoms with Gasteiger partial charge in [0.05, 0.1) is 12.2 Å². The number of hydrogen-bond donors (Lipinski definition) is 1. The van der Waals surface area contributed by atoms with Gasteiger partial charge in [-0.2, -0.15) is 10.2 Å². The minimum Gasteiger partial charge on any atom is -0.347 e. The van der Waals surface area contributed by atoms with E-state index in [2.05, 4.69) is 15.5 Å². The zero-order chi connectivity index (χ0) is 22.1. The third-order valence-electron chi connectivity index (χ3n) is 5.64. The van der Waals surface area contributed by atoms with E-state index in [9.17, 15) is 13.6 Å². The fourth-order valence-corrected chi connectivity index (χ4v) is 4.14. The first-order chi connectivity index (χ1) is 15.6. The molecule has 2 heterocycles. The highest BCUT2D eigenvalue weighted by atomic mass is 19.2. The van der Waals surface area contributed by atoms with Crippen molar-refractivity contribution in [2.75, 3.05) is 0 Å². The number of aromatic nitrogens is 4. The van der Waals surface area contributed by atoms with Crippen LogP contribution in [0.4, 0.5) is 8.78 Å². The van der Waals surface area contributed by atoms with Crippen LogP contribution in [0.3, 0.4) is 0 Å². The topological polar surface area (TPSA) is 64.7 Å². The molecule has 8 heteroatoms. The molecule has 1 amide bonds. The van der Waals surface area contributed by atoms with Crippen molar-refractivity contribution in [1.29, 1.82) is 0 Å². The highest BCUT2D eigenvalue weighted by Gasteiger charge is 2.27. The second-order valence-electron chi connectivity index (χ2n) is 7.84. The van der Waals surface area contributed by atoms with E-state index in [1.54, 1.807) is 10.9 Å². The maximum absolute atomic E-state index is 13.7. The van der Waals surface area contributed by atoms with Gasteiger partial charge in [-0.05, 0) is 48.6 Å². The minimum absolute atomic E-state index is 0.276. The monoisotopic (exact) mass is 433 g/mol. The number of carbonyl (C=O) groups excluding carboxylic acids is 1. The Kier molecular flexibility index (Phi) is 5.26. The maximum atomic E-state index is 13.7. The number of fused-ring (bicyclic) bond motifs is 1. The van der Waals surface area contributed by atoms with Crippen molar-refractivity contribution in [1.82, 2.24) is 24.9 Å². The van der Waals surface area contributed by atoms with E-state index in [-0.39, 0.29) is 5.91 Å². The lowest BCUT2D eigenvalue weighted by Gasteiger charge is -2.08. The lowest BCUT2D eigenvalue weighted by Crippen LogP contribution is -2.24. The van der Waals surface area contributed by atoms with Gasteiger partial charge in [-0.1, -0.05) is 24.3 Å². The summed E-state index contributed by atoms with van der Waals surface area (Å²) in [6, 6.07) is 13.5. The normalized spacial score (nSPS) is 12.7. The van der Waals surface area contributed by atoms with Crippen LogP contribution in [-0.4, -0.2) is 25.5 Å². The summed E-state index contributed by atoms with van der Waals surface area (Å²) in [7, 11) is 0. The summed E-state index contributed by atoms with van der Waals surface area (Å²) < 4.78 is 30.5. The molecule has 1 aliphatic rings. The Bertz CT molecular complexity index is 1280. The Balaban J connectivity index is 1.34. The molecule has 0 saturated heterocycles. The molecule has 2 aromatic heterocycles. The van der Waals surface area contributed by atoms with Crippen LogP contribution in [0.15, 0.2) is 60.9 Å². The summed E-state index contributed by atoms with van der Waals surface area (Å²) in [5.74, 6) is -2.13. The van der Waals surface area contributed by atoms with Gasteiger partial charge in [0, 0.05) is 36.3 Å². The Morgan fingerprint density at radius 3 is 2.72 bits per heavy atom. The first-order valence-electron chi connectivity index (χ1n) is 10.5. The average molecular weight is 433 g/mol. The molecule has 1 aliphatic carbocycles. The number of nitrogens with one attached hydrogen (secondary N) is 1. The summed E-state index contributed by atoms with van der Waals surface area (Å²) in [5, 5.41) is 11.6. The van der Waals surface area contributed by atoms with E-state index in [1.807, 2.05) is 41.2 Å². The van der Waals surface area contributed by atoms with Crippen LogP contribution in [0.2, 0.25) is 0 Å². The average Bonchev–Trinajstić information content (AvgIpc) is 3.53. The van der Waals surface area contributed by atoms with Crippen molar-refractivity contribution >= 4 is 5.91 Å². The van der Waals surface area contributed by atoms with Crippen LogP contribution in [-0.2, 0) is 25.9 Å². The number of carbonyl (C=O) groups is 1. The quantitative estimate of drug-likeness (QED) is 0.503. The van der Waals surface area contributed by atoms with Crippen LogP contribution in [0, 0.1) is 11.6 Å². The number of halogens is 2. The molecule has 5 rings (SSSR count). The van der Waals surface area contributed by atoms with Crippen molar-refractivity contribution < 1.29 is 13.6 Å². The van der Waals surface area contributed by atoms with E-state index in [4.69, 9.17) is 0 Å². The number of rotatable bonds is 6. The predicted octanol–water partition coefficient (Wildman–Crippen LogP) is 3.81. The summed E-state index contributed by atoms with van der Waals surface area (Å²) >= 11 is 0. The zero-order valence-electron chi connectivity index (χ0n) is 17.3. The van der Waals surface area contributed by atoms with Gasteiger partial charge < -0.3 is 5.32 Å². The Hall–Kier alpha value is -3.81. The molecule has 0 radical (unpaired) electrons. The summed E-state index contributed by atoms with van der Waals surface area (Å²) in [6.07, 6.45) is 6.01. The first kappa shape index (κ1) is 20.1. The van der Waals surface area contributed by atoms with Crippen molar-refractivity contribution in [3.05, 3.63) is 101 Å². The molecule has 0 aliphatic heterocycles. The molecule has 1 N–H and O–H groups in total. The Labute approximate surface area is 183 Å². The molecule has 4 aromatic rings. The summed E-state index contributed by atoms with van der Waals surface area (Å²) in [4.78, 5) is 12.9. The van der Waals surface area contributed by atoms with Crippen LogP contribution in [0.1, 0.15) is 39.3 Å². The molecule has 32 heavy (non-hydrogen) atoms. The lowest BCUT2D eigenvalue weighted by atomic mass is 10.1. The van der Waals surface area contributed by atoms with E-state index in [0.717, 1.165) is 53.8 Å². The van der Waals surface area contributed by atoms with Crippen molar-refractivity contribution in [2.24, 2.45) is 0 Å². The third kappa shape index (κ3) is 3.91. The first-order valence-corrected chi connectivity index (χ1v) is 10.5. The molecule has 162 valence electrons. The van der Waals surface area contributed by atoms with E-state index < -0.39 is 11.6 Å². The van der Waals surface area contributed by atoms with Gasteiger partial charge in [0.1, 0.15) is 0 Å². The van der Waals surface area contributed by atoms with Gasteiger partial charge in [0.2, 0.25) is 0 Å². The van der Waals surface area contributed by atoms with E-state index >= 15 is 0 Å². The molecule has 6 nitrogen and oxygen atoms in total. The Morgan fingerprint density at radius 1 is 1.03 bits per heavy atom. The number of benzene rings is 2. The smallest absolute Gasteiger partial charge is 0.272 e. The second kappa shape index (κ2) is 8.37. The molecule has 0 atom stereocenters. The molecule has 0 bridgehead atoms. The van der Waals surface area contributed by atoms with Crippen LogP contribution in [0.5, 0.6) is 0 Å². The number of hydrogen-bond acceptors (Lipinski definition) is 3. The summed E-state index contributed by atoms with van der Waals surface area (Å²) in [5.41, 5.74) is 4.56. The maximum Gasteiger partial charge on any atom is 0.272 e. The summed E-state index contributed by atoms with van der Waals surface area (Å²) in [6.45, 7) is 1.01. The molecular weight excluding hydrogens is 412 g/mol. The van der Waals surface area contributed by atoms with Crippen molar-refractivity contribution in [3.8, 4) is 5.69 Å². The van der Waals surface area contributed by atoms with Crippen LogP contribution >= 0.6 is 0 Å². The fourth-order valence-electron chi connectivity index (χ4n) is 4.14. The zero-order valence-corrected chi connectivity index (χ0v) is 17.3. The standard InChI is InChI=1S/C24H21F2N5O/c25-20-9-8-18(13-21(20)26)31-22-7-2-6-19(22)23(29-31)24(32)27-14-16-4-1-5-17(12-16)15-30-11-3-10-28-30/h1,3-5,8-13H,2,6-7,14-15H2,(H,27,32). The second-order valence-corrected chi connectivity index (χ2v) is 7.84. The van der Waals surface area contributed by atoms with Gasteiger partial charge in [-0.3, -0.25) is 9.48 Å². The molecular formula is C24H21F2N5O. The van der Waals surface area contributed by atoms with Crippen LogP contribution in [0.25, 0.3) is 5.69 Å². The molecule has 0 spiro atoms. The van der Waals surface area contributed by atoms with Gasteiger partial charge in [0.15, 0.2) is 17.3 Å². The van der Waals surface area contributed by atoms with Gasteiger partial charge in [-0.15, -0.1) is 0 Å². The molecule has 2 aromatic carbocycles. The van der Waals surface area contributed by atoms with Gasteiger partial charge in [-0.25, -0.2) is 13.5 Å². The number of nitrogens with zero attached hydrogens (tertiary/aromatic N) is 4. The van der Waals surface area contributed by atoms with Gasteiger partial charge >= 0.3 is 0 Å². The largest absolute Gasteiger partial charge is 0.347 e. The van der Waals surface area contributed by atoms with Crippen molar-refractivity contribution in [2.45, 2.75) is 32.4 Å². The molecule has 0 unspecified atom stereocenters. The van der Waals surface area contributed by atoms with Gasteiger partial charge in [0.25, 0.3) is 5.91 Å². The Morgan fingerprint density at radius 2 is 1.91 bits per heavy atom. The highest BCUT2D eigenvalue weighted by Crippen LogP contribution is 2.28. The van der Waals surface area contributed by atoms with E-state index in [0.29, 0.717) is 24.5 Å². The molecule has 0 fully saturated rings. The third-order valence-corrected chi connectivity index (χ3v) is 5.64. The van der Waals surface area contributed by atoms with Crippen LogP contribution < -0.4 is 5.32 Å². The van der Waals surface area contributed by atoms with Crippen molar-refractivity contribution in [3.63, 3.8) is 0 Å². The SMILES string of the molecule is O=C(NCc1cccc(Cn2cccn2)c1)c1nn(-c2ccc(F)c(F)c2)c2c1CCC2. The minimum atomic E-state index is -0.939. The predicted molar refractivity (Wildman–Crippen MR) is 114 cm³/mol. The number of amides is 1. The fraction of sp³-hybridized carbons (Fsp3) is 0.208. The molecule has 0 saturated carbocycles. The highest BCUT2D eigenvalue weighted by molar-refractivity contribution is 5.94. The van der Waals surface area contributed by atoms with E-state index in [1.165, 1.54) is 6.07 Å². The lowest BCUT2D eigenvalue weighted by molar-refractivity contribution is 0.0944.